The van der Waals surface area contributed by atoms with Crippen LogP contribution in [0, 0.1) is 24.2 Å². The summed E-state index contributed by atoms with van der Waals surface area (Å²) in [6, 6.07) is 0.611. The van der Waals surface area contributed by atoms with E-state index >= 15 is 0 Å². The summed E-state index contributed by atoms with van der Waals surface area (Å²) in [6.07, 6.45) is 4.93. The SMILES string of the molecule is CNC1CC(C)CCC1C(C)(C)Cc1c(C)nn(C)c1Cl. The summed E-state index contributed by atoms with van der Waals surface area (Å²) in [5, 5.41) is 8.81. The Morgan fingerprint density at radius 1 is 1.38 bits per heavy atom. The Morgan fingerprint density at radius 2 is 2.05 bits per heavy atom. The molecule has 1 heterocycles. The van der Waals surface area contributed by atoms with Gasteiger partial charge in [0.15, 0.2) is 0 Å². The van der Waals surface area contributed by atoms with Crippen molar-refractivity contribution >= 4 is 11.6 Å². The highest BCUT2D eigenvalue weighted by atomic mass is 35.5. The van der Waals surface area contributed by atoms with Gasteiger partial charge in [0.2, 0.25) is 0 Å². The molecule has 0 radical (unpaired) electrons. The highest BCUT2D eigenvalue weighted by molar-refractivity contribution is 6.30. The Morgan fingerprint density at radius 3 is 2.57 bits per heavy atom. The molecular weight excluding hydrogens is 282 g/mol. The van der Waals surface area contributed by atoms with E-state index in [0.29, 0.717) is 12.0 Å². The largest absolute Gasteiger partial charge is 0.317 e. The first kappa shape index (κ1) is 16.8. The van der Waals surface area contributed by atoms with Crippen LogP contribution >= 0.6 is 11.6 Å². The highest BCUT2D eigenvalue weighted by Gasteiger charge is 2.39. The van der Waals surface area contributed by atoms with Crippen LogP contribution in [-0.4, -0.2) is 22.9 Å². The zero-order valence-corrected chi connectivity index (χ0v) is 15.1. The first-order valence-electron chi connectivity index (χ1n) is 8.11. The van der Waals surface area contributed by atoms with E-state index in [0.717, 1.165) is 23.2 Å². The van der Waals surface area contributed by atoms with Crippen LogP contribution in [0.4, 0.5) is 0 Å². The molecule has 1 fully saturated rings. The highest BCUT2D eigenvalue weighted by Crippen LogP contribution is 2.43. The van der Waals surface area contributed by atoms with E-state index in [1.807, 2.05) is 7.05 Å². The van der Waals surface area contributed by atoms with E-state index in [4.69, 9.17) is 11.6 Å². The molecule has 21 heavy (non-hydrogen) atoms. The molecule has 1 saturated carbocycles. The molecule has 0 saturated heterocycles. The Labute approximate surface area is 134 Å². The molecule has 3 unspecified atom stereocenters. The van der Waals surface area contributed by atoms with Crippen molar-refractivity contribution in [2.24, 2.45) is 24.3 Å². The molecule has 4 heteroatoms. The lowest BCUT2D eigenvalue weighted by molar-refractivity contribution is 0.0979. The van der Waals surface area contributed by atoms with Gasteiger partial charge in [0.1, 0.15) is 5.15 Å². The van der Waals surface area contributed by atoms with Crippen molar-refractivity contribution in [3.8, 4) is 0 Å². The quantitative estimate of drug-likeness (QED) is 0.911. The average Bonchev–Trinajstić information content (AvgIpc) is 2.64. The van der Waals surface area contributed by atoms with Gasteiger partial charge >= 0.3 is 0 Å². The van der Waals surface area contributed by atoms with Crippen LogP contribution < -0.4 is 5.32 Å². The minimum atomic E-state index is 0.227. The van der Waals surface area contributed by atoms with Gasteiger partial charge in [-0.25, -0.2) is 0 Å². The van der Waals surface area contributed by atoms with Gasteiger partial charge in [-0.3, -0.25) is 4.68 Å². The lowest BCUT2D eigenvalue weighted by Gasteiger charge is -2.44. The summed E-state index contributed by atoms with van der Waals surface area (Å²) in [7, 11) is 4.03. The van der Waals surface area contributed by atoms with Crippen LogP contribution in [0.1, 0.15) is 51.3 Å². The fourth-order valence-corrected chi connectivity index (χ4v) is 4.34. The third kappa shape index (κ3) is 3.45. The normalized spacial score (nSPS) is 27.1. The molecule has 1 aromatic heterocycles. The molecule has 0 aliphatic heterocycles. The van der Waals surface area contributed by atoms with Gasteiger partial charge in [-0.05, 0) is 50.5 Å². The summed E-state index contributed by atoms with van der Waals surface area (Å²) >= 11 is 6.44. The van der Waals surface area contributed by atoms with E-state index < -0.39 is 0 Å². The van der Waals surface area contributed by atoms with Crippen molar-refractivity contribution in [3.05, 3.63) is 16.4 Å². The van der Waals surface area contributed by atoms with E-state index in [-0.39, 0.29) is 5.41 Å². The first-order valence-corrected chi connectivity index (χ1v) is 8.49. The molecule has 1 aliphatic rings. The summed E-state index contributed by atoms with van der Waals surface area (Å²) in [5.74, 6) is 1.52. The number of halogens is 1. The molecule has 3 atom stereocenters. The van der Waals surface area contributed by atoms with Crippen LogP contribution in [0.3, 0.4) is 0 Å². The van der Waals surface area contributed by atoms with Crippen molar-refractivity contribution in [2.75, 3.05) is 7.05 Å². The first-order chi connectivity index (χ1) is 9.76. The number of aryl methyl sites for hydroxylation is 2. The minimum Gasteiger partial charge on any atom is -0.317 e. The van der Waals surface area contributed by atoms with Gasteiger partial charge in [-0.15, -0.1) is 0 Å². The number of hydrogen-bond acceptors (Lipinski definition) is 2. The zero-order chi connectivity index (χ0) is 15.8. The maximum absolute atomic E-state index is 6.44. The monoisotopic (exact) mass is 311 g/mol. The molecule has 0 bridgehead atoms. The number of rotatable bonds is 4. The standard InChI is InChI=1S/C17H30ClN3/c1-11-7-8-14(15(9-11)19-5)17(3,4)10-13-12(2)20-21(6)16(13)18/h11,14-15,19H,7-10H2,1-6H3. The van der Waals surface area contributed by atoms with E-state index in [1.54, 1.807) is 4.68 Å². The van der Waals surface area contributed by atoms with Crippen LogP contribution in [-0.2, 0) is 13.5 Å². The summed E-state index contributed by atoms with van der Waals surface area (Å²) in [6.45, 7) is 9.22. The Bertz CT molecular complexity index is 492. The van der Waals surface area contributed by atoms with Crippen molar-refractivity contribution < 1.29 is 0 Å². The summed E-state index contributed by atoms with van der Waals surface area (Å²) in [5.41, 5.74) is 2.52. The fourth-order valence-electron chi connectivity index (χ4n) is 4.10. The molecular formula is C17H30ClN3. The molecule has 3 nitrogen and oxygen atoms in total. The number of nitrogens with one attached hydrogen (secondary N) is 1. The van der Waals surface area contributed by atoms with Crippen LogP contribution in [0.25, 0.3) is 0 Å². The van der Waals surface area contributed by atoms with Crippen LogP contribution in [0.15, 0.2) is 0 Å². The van der Waals surface area contributed by atoms with Crippen molar-refractivity contribution in [1.82, 2.24) is 15.1 Å². The van der Waals surface area contributed by atoms with Gasteiger partial charge in [0, 0.05) is 18.7 Å². The van der Waals surface area contributed by atoms with E-state index in [2.05, 4.69) is 45.2 Å². The van der Waals surface area contributed by atoms with Crippen molar-refractivity contribution in [2.45, 2.75) is 59.4 Å². The number of hydrogen-bond donors (Lipinski definition) is 1. The summed E-state index contributed by atoms with van der Waals surface area (Å²) in [4.78, 5) is 0. The average molecular weight is 312 g/mol. The second-order valence-electron chi connectivity index (χ2n) is 7.56. The van der Waals surface area contributed by atoms with Gasteiger partial charge in [-0.1, -0.05) is 38.8 Å². The molecule has 120 valence electrons. The molecule has 0 aromatic carbocycles. The fraction of sp³-hybridized carbons (Fsp3) is 0.824. The van der Waals surface area contributed by atoms with Gasteiger partial charge in [0.05, 0.1) is 5.69 Å². The Kier molecular flexibility index (Phi) is 5.04. The maximum Gasteiger partial charge on any atom is 0.130 e. The minimum absolute atomic E-state index is 0.227. The predicted molar refractivity (Wildman–Crippen MR) is 89.8 cm³/mol. The van der Waals surface area contributed by atoms with Crippen molar-refractivity contribution in [3.63, 3.8) is 0 Å². The number of aromatic nitrogens is 2. The van der Waals surface area contributed by atoms with E-state index in [9.17, 15) is 0 Å². The predicted octanol–water partition coefficient (Wildman–Crippen LogP) is 3.97. The van der Waals surface area contributed by atoms with Crippen LogP contribution in [0.2, 0.25) is 5.15 Å². The van der Waals surface area contributed by atoms with E-state index in [1.165, 1.54) is 24.8 Å². The Balaban J connectivity index is 2.20. The topological polar surface area (TPSA) is 29.9 Å². The molecule has 1 N–H and O–H groups in total. The molecule has 0 spiro atoms. The lowest BCUT2D eigenvalue weighted by Crippen LogP contribution is -2.46. The second kappa shape index (κ2) is 6.29. The second-order valence-corrected chi connectivity index (χ2v) is 7.92. The Hall–Kier alpha value is -0.540. The molecule has 1 aromatic rings. The zero-order valence-electron chi connectivity index (χ0n) is 14.3. The third-order valence-corrected chi connectivity index (χ3v) is 5.86. The van der Waals surface area contributed by atoms with Gasteiger partial charge < -0.3 is 5.32 Å². The molecule has 0 amide bonds. The molecule has 1 aliphatic carbocycles. The van der Waals surface area contributed by atoms with Gasteiger partial charge in [0.25, 0.3) is 0 Å². The summed E-state index contributed by atoms with van der Waals surface area (Å²) < 4.78 is 1.79. The maximum atomic E-state index is 6.44. The van der Waals surface area contributed by atoms with Gasteiger partial charge in [-0.2, -0.15) is 5.10 Å². The lowest BCUT2D eigenvalue weighted by atomic mass is 9.64. The third-order valence-electron chi connectivity index (χ3n) is 5.39. The smallest absolute Gasteiger partial charge is 0.130 e. The molecule has 2 rings (SSSR count). The van der Waals surface area contributed by atoms with Crippen molar-refractivity contribution in [1.29, 1.82) is 0 Å². The van der Waals surface area contributed by atoms with Crippen LogP contribution in [0.5, 0.6) is 0 Å². The number of nitrogens with zero attached hydrogens (tertiary/aromatic N) is 2.